The first-order valence-electron chi connectivity index (χ1n) is 3.04. The summed E-state index contributed by atoms with van der Waals surface area (Å²) in [5.41, 5.74) is 0.977. The van der Waals surface area contributed by atoms with Gasteiger partial charge in [-0.3, -0.25) is 0 Å². The Balaban J connectivity index is 2.68. The van der Waals surface area contributed by atoms with Gasteiger partial charge in [-0.1, -0.05) is 0 Å². The van der Waals surface area contributed by atoms with E-state index in [-0.39, 0.29) is 15.0 Å². The van der Waals surface area contributed by atoms with Crippen molar-refractivity contribution in [1.29, 1.82) is 5.26 Å². The molecule has 1 rings (SSSR count). The molecule has 0 amide bonds. The van der Waals surface area contributed by atoms with Crippen molar-refractivity contribution in [3.05, 3.63) is 35.9 Å². The van der Waals surface area contributed by atoms with E-state index in [0.717, 1.165) is 5.56 Å². The molecule has 0 unspecified atom stereocenters. The van der Waals surface area contributed by atoms with Crippen molar-refractivity contribution in [2.75, 3.05) is 0 Å². The quantitative estimate of drug-likeness (QED) is 0.462. The molecule has 0 aromatic heterocycles. The van der Waals surface area contributed by atoms with Crippen LogP contribution in [0.15, 0.2) is 30.3 Å². The van der Waals surface area contributed by atoms with Crippen LogP contribution in [0.3, 0.4) is 0 Å². The molecule has 0 aliphatic carbocycles. The summed E-state index contributed by atoms with van der Waals surface area (Å²) in [7, 11) is 0. The zero-order valence-corrected chi connectivity index (χ0v) is 7.46. The molecule has 0 fully saturated rings. The summed E-state index contributed by atoms with van der Waals surface area (Å²) < 4.78 is 0. The van der Waals surface area contributed by atoms with E-state index in [2.05, 4.69) is 10.7 Å². The van der Waals surface area contributed by atoms with E-state index in [1.165, 1.54) is 0 Å². The van der Waals surface area contributed by atoms with Gasteiger partial charge in [-0.2, -0.15) is 0 Å². The molecule has 0 saturated carbocycles. The Morgan fingerprint density at radius 2 is 1.91 bits per heavy atom. The molecule has 11 heavy (non-hydrogen) atoms. The predicted molar refractivity (Wildman–Crippen MR) is 44.7 cm³/mol. The molecular weight excluding hydrogens is 201 g/mol. The summed E-state index contributed by atoms with van der Waals surface area (Å²) in [4.78, 5) is 4.83. The van der Waals surface area contributed by atoms with Crippen LogP contribution in [0.25, 0.3) is 0 Å². The zero-order valence-electron chi connectivity index (χ0n) is 5.74. The number of nitrogens with zero attached hydrogens (tertiary/aromatic N) is 1. The van der Waals surface area contributed by atoms with Gasteiger partial charge < -0.3 is 0 Å². The van der Waals surface area contributed by atoms with Gasteiger partial charge in [-0.25, -0.2) is 0 Å². The third-order valence-electron chi connectivity index (χ3n) is 1.07. The fourth-order valence-corrected chi connectivity index (χ4v) is 1.08. The molecule has 0 atom stereocenters. The van der Waals surface area contributed by atoms with Gasteiger partial charge in [0, 0.05) is 0 Å². The van der Waals surface area contributed by atoms with Gasteiger partial charge >= 0.3 is 71.8 Å². The van der Waals surface area contributed by atoms with Crippen molar-refractivity contribution in [1.82, 2.24) is 0 Å². The molecular formula is C9H5NSe. The zero-order chi connectivity index (χ0) is 7.94. The summed E-state index contributed by atoms with van der Waals surface area (Å²) in [5, 5.41) is 8.22. The third-order valence-corrected chi connectivity index (χ3v) is 1.69. The van der Waals surface area contributed by atoms with Crippen molar-refractivity contribution in [2.45, 2.75) is 0 Å². The summed E-state index contributed by atoms with van der Waals surface area (Å²) in [6.45, 7) is 0. The number of benzene rings is 1. The van der Waals surface area contributed by atoms with Crippen molar-refractivity contribution in [3.8, 4) is 15.7 Å². The van der Waals surface area contributed by atoms with Gasteiger partial charge in [0.05, 0.1) is 0 Å². The maximum absolute atomic E-state index is 8.22. The van der Waals surface area contributed by atoms with E-state index in [1.807, 2.05) is 35.3 Å². The molecule has 0 heterocycles. The Hall–Kier alpha value is -1.21. The first-order valence-corrected chi connectivity index (χ1v) is 4.76. The molecule has 0 N–H and O–H groups in total. The van der Waals surface area contributed by atoms with E-state index in [1.54, 1.807) is 0 Å². The Morgan fingerprint density at radius 3 is 2.55 bits per heavy atom. The summed E-state index contributed by atoms with van der Waals surface area (Å²) >= 11 is -0.185. The SMILES string of the molecule is N#C[Se]C#Cc1ccccc1. The first kappa shape index (κ1) is 7.89. The monoisotopic (exact) mass is 207 g/mol. The van der Waals surface area contributed by atoms with Crippen LogP contribution in [-0.4, -0.2) is 15.0 Å². The van der Waals surface area contributed by atoms with Crippen LogP contribution in [0.5, 0.6) is 0 Å². The number of hydrogen-bond acceptors (Lipinski definition) is 1. The van der Waals surface area contributed by atoms with Gasteiger partial charge in [0.2, 0.25) is 0 Å². The standard InChI is InChI=1S/C9H5NSe/c10-8-11-7-6-9-4-2-1-3-5-9/h1-5H. The Labute approximate surface area is 72.2 Å². The van der Waals surface area contributed by atoms with Crippen LogP contribution in [0.2, 0.25) is 0 Å². The van der Waals surface area contributed by atoms with Crippen LogP contribution >= 0.6 is 0 Å². The number of nitriles is 1. The van der Waals surface area contributed by atoms with E-state index < -0.39 is 0 Å². The van der Waals surface area contributed by atoms with E-state index >= 15 is 0 Å². The van der Waals surface area contributed by atoms with Crippen molar-refractivity contribution in [3.63, 3.8) is 0 Å². The summed E-state index contributed by atoms with van der Waals surface area (Å²) in [6.07, 6.45) is 0. The van der Waals surface area contributed by atoms with Crippen molar-refractivity contribution >= 4 is 15.0 Å². The van der Waals surface area contributed by atoms with Gasteiger partial charge in [-0.15, -0.1) is 0 Å². The van der Waals surface area contributed by atoms with Crippen molar-refractivity contribution in [2.24, 2.45) is 0 Å². The Morgan fingerprint density at radius 1 is 1.18 bits per heavy atom. The normalized spacial score (nSPS) is 7.55. The minimum absolute atomic E-state index is 0.185. The van der Waals surface area contributed by atoms with Gasteiger partial charge in [0.1, 0.15) is 0 Å². The van der Waals surface area contributed by atoms with Crippen LogP contribution in [0.1, 0.15) is 5.56 Å². The molecule has 0 aliphatic rings. The summed E-state index contributed by atoms with van der Waals surface area (Å²) in [6, 6.07) is 9.67. The summed E-state index contributed by atoms with van der Waals surface area (Å²) in [5.74, 6) is 2.90. The van der Waals surface area contributed by atoms with Gasteiger partial charge in [0.15, 0.2) is 0 Å². The molecule has 0 saturated heterocycles. The number of hydrogen-bond donors (Lipinski definition) is 0. The average molecular weight is 206 g/mol. The molecule has 1 aromatic carbocycles. The Bertz CT molecular complexity index is 313. The van der Waals surface area contributed by atoms with Crippen molar-refractivity contribution < 1.29 is 0 Å². The van der Waals surface area contributed by atoms with Crippen LogP contribution < -0.4 is 0 Å². The van der Waals surface area contributed by atoms with Gasteiger partial charge in [-0.05, 0) is 0 Å². The second-order valence-corrected chi connectivity index (χ2v) is 3.03. The number of rotatable bonds is 0. The molecule has 2 heteroatoms. The fraction of sp³-hybridized carbons (Fsp3) is 0. The van der Waals surface area contributed by atoms with E-state index in [9.17, 15) is 0 Å². The van der Waals surface area contributed by atoms with E-state index in [4.69, 9.17) is 5.26 Å². The minimum atomic E-state index is -0.185. The predicted octanol–water partition coefficient (Wildman–Crippen LogP) is 1.18. The van der Waals surface area contributed by atoms with E-state index in [0.29, 0.717) is 0 Å². The molecule has 1 aromatic rings. The fourth-order valence-electron chi connectivity index (χ4n) is 0.629. The molecule has 0 radical (unpaired) electrons. The molecule has 0 aliphatic heterocycles. The second-order valence-electron chi connectivity index (χ2n) is 1.79. The topological polar surface area (TPSA) is 23.8 Å². The van der Waals surface area contributed by atoms with Crippen LogP contribution in [-0.2, 0) is 0 Å². The average Bonchev–Trinajstić information content (AvgIpc) is 2.07. The first-order chi connectivity index (χ1) is 5.43. The molecule has 1 nitrogen and oxygen atoms in total. The molecule has 0 bridgehead atoms. The van der Waals surface area contributed by atoms with Crippen LogP contribution in [0, 0.1) is 21.0 Å². The Kier molecular flexibility index (Phi) is 3.29. The maximum atomic E-state index is 8.22. The molecule has 52 valence electrons. The second kappa shape index (κ2) is 4.58. The molecule has 0 spiro atoms. The third kappa shape index (κ3) is 2.92. The van der Waals surface area contributed by atoms with Gasteiger partial charge in [0.25, 0.3) is 0 Å². The van der Waals surface area contributed by atoms with Crippen LogP contribution in [0.4, 0.5) is 0 Å².